The van der Waals surface area contributed by atoms with Crippen molar-refractivity contribution in [1.29, 1.82) is 0 Å². The van der Waals surface area contributed by atoms with E-state index in [1.807, 2.05) is 0 Å². The van der Waals surface area contributed by atoms with Crippen LogP contribution in [0.5, 0.6) is 0 Å². The van der Waals surface area contributed by atoms with Gasteiger partial charge in [0.2, 0.25) is 0 Å². The van der Waals surface area contributed by atoms with E-state index in [0.717, 1.165) is 30.6 Å². The highest BCUT2D eigenvalue weighted by Crippen LogP contribution is 2.32. The molecule has 1 heterocycles. The minimum Gasteiger partial charge on any atom is -0.459 e. The van der Waals surface area contributed by atoms with Crippen LogP contribution in [0, 0.1) is 0 Å². The molecule has 1 aromatic carbocycles. The molecule has 2 rings (SSSR count). The molecule has 2 heteroatoms. The Kier molecular flexibility index (Phi) is 4.00. The molecule has 0 radical (unpaired) electrons. The zero-order valence-electron chi connectivity index (χ0n) is 12.5. The number of nitrogens with two attached hydrogens (primary N) is 1. The molecule has 0 bridgehead atoms. The summed E-state index contributed by atoms with van der Waals surface area (Å²) in [4.78, 5) is 0. The minimum absolute atomic E-state index is 0.0139. The molecular weight excluding hydrogens is 234 g/mol. The topological polar surface area (TPSA) is 39.2 Å². The van der Waals surface area contributed by atoms with Gasteiger partial charge >= 0.3 is 0 Å². The zero-order chi connectivity index (χ0) is 14.0. The summed E-state index contributed by atoms with van der Waals surface area (Å²) in [6.07, 6.45) is 3.16. The van der Waals surface area contributed by atoms with Crippen molar-refractivity contribution in [2.45, 2.75) is 58.4 Å². The van der Waals surface area contributed by atoms with Crippen molar-refractivity contribution in [3.8, 4) is 0 Å². The lowest BCUT2D eigenvalue weighted by Crippen LogP contribution is -2.14. The normalized spacial score (nSPS) is 13.9. The number of rotatable bonds is 5. The van der Waals surface area contributed by atoms with Crippen LogP contribution in [0.4, 0.5) is 0 Å². The van der Waals surface area contributed by atoms with Crippen LogP contribution < -0.4 is 5.73 Å². The van der Waals surface area contributed by atoms with E-state index in [1.54, 1.807) is 0 Å². The lowest BCUT2D eigenvalue weighted by Gasteiger charge is -2.23. The Morgan fingerprint density at radius 1 is 1.21 bits per heavy atom. The molecule has 1 unspecified atom stereocenters. The van der Waals surface area contributed by atoms with Crippen molar-refractivity contribution in [3.05, 3.63) is 35.6 Å². The molecule has 0 amide bonds. The van der Waals surface area contributed by atoms with Crippen molar-refractivity contribution in [2.24, 2.45) is 5.73 Å². The molecule has 2 nitrogen and oxygen atoms in total. The molecule has 1 atom stereocenters. The number of furan rings is 1. The first-order valence-corrected chi connectivity index (χ1v) is 7.27. The summed E-state index contributed by atoms with van der Waals surface area (Å²) >= 11 is 0. The first-order chi connectivity index (χ1) is 8.97. The van der Waals surface area contributed by atoms with Crippen LogP contribution >= 0.6 is 0 Å². The summed E-state index contributed by atoms with van der Waals surface area (Å²) in [7, 11) is 0. The molecule has 0 fully saturated rings. The Morgan fingerprint density at radius 2 is 1.95 bits per heavy atom. The van der Waals surface area contributed by atoms with Gasteiger partial charge in [-0.15, -0.1) is 0 Å². The second kappa shape index (κ2) is 5.38. The Morgan fingerprint density at radius 3 is 2.58 bits per heavy atom. The van der Waals surface area contributed by atoms with Crippen LogP contribution in [0.25, 0.3) is 11.0 Å². The van der Waals surface area contributed by atoms with E-state index in [2.05, 4.69) is 52.0 Å². The number of fused-ring (bicyclic) bond motifs is 1. The van der Waals surface area contributed by atoms with Gasteiger partial charge in [0.1, 0.15) is 11.3 Å². The quantitative estimate of drug-likeness (QED) is 0.827. The van der Waals surface area contributed by atoms with Crippen LogP contribution in [0.1, 0.15) is 64.3 Å². The Bertz CT molecular complexity index is 553. The fourth-order valence-electron chi connectivity index (χ4n) is 2.32. The summed E-state index contributed by atoms with van der Waals surface area (Å²) in [5, 5.41) is 1.17. The molecule has 0 aliphatic heterocycles. The van der Waals surface area contributed by atoms with Gasteiger partial charge in [0, 0.05) is 5.39 Å². The molecular formula is C17H25NO. The Labute approximate surface area is 116 Å². The third kappa shape index (κ3) is 2.84. The van der Waals surface area contributed by atoms with E-state index >= 15 is 0 Å². The van der Waals surface area contributed by atoms with Gasteiger partial charge in [-0.05, 0) is 42.0 Å². The van der Waals surface area contributed by atoms with Gasteiger partial charge in [-0.1, -0.05) is 40.2 Å². The molecule has 104 valence electrons. The van der Waals surface area contributed by atoms with E-state index in [9.17, 15) is 0 Å². The minimum atomic E-state index is 0.0139. The summed E-state index contributed by atoms with van der Waals surface area (Å²) in [6, 6.07) is 8.60. The predicted molar refractivity (Wildman–Crippen MR) is 81.4 cm³/mol. The SMILES string of the molecule is CCCC(N)c1cc2cc(C(C)(C)CC)ccc2o1. The first-order valence-electron chi connectivity index (χ1n) is 7.27. The molecule has 2 aromatic rings. The Hall–Kier alpha value is -1.28. The van der Waals surface area contributed by atoms with Gasteiger partial charge in [-0.3, -0.25) is 0 Å². The highest BCUT2D eigenvalue weighted by molar-refractivity contribution is 5.79. The summed E-state index contributed by atoms with van der Waals surface area (Å²) in [5.74, 6) is 0.906. The molecule has 19 heavy (non-hydrogen) atoms. The van der Waals surface area contributed by atoms with Crippen molar-refractivity contribution < 1.29 is 4.42 Å². The van der Waals surface area contributed by atoms with Crippen LogP contribution in [0.3, 0.4) is 0 Å². The third-order valence-corrected chi connectivity index (χ3v) is 4.17. The largest absolute Gasteiger partial charge is 0.459 e. The lowest BCUT2D eigenvalue weighted by molar-refractivity contribution is 0.475. The first kappa shape index (κ1) is 14.1. The molecule has 0 aliphatic carbocycles. The van der Waals surface area contributed by atoms with Gasteiger partial charge in [0.15, 0.2) is 0 Å². The summed E-state index contributed by atoms with van der Waals surface area (Å²) in [6.45, 7) is 8.92. The maximum absolute atomic E-state index is 6.13. The molecule has 0 spiro atoms. The van der Waals surface area contributed by atoms with E-state index in [4.69, 9.17) is 10.2 Å². The highest BCUT2D eigenvalue weighted by Gasteiger charge is 2.19. The van der Waals surface area contributed by atoms with Crippen LogP contribution in [0.2, 0.25) is 0 Å². The second-order valence-corrected chi connectivity index (χ2v) is 6.03. The van der Waals surface area contributed by atoms with Gasteiger partial charge in [-0.2, -0.15) is 0 Å². The number of hydrogen-bond acceptors (Lipinski definition) is 2. The molecule has 0 saturated heterocycles. The standard InChI is InChI=1S/C17H25NO/c1-5-7-14(18)16-11-12-10-13(17(3,4)6-2)8-9-15(12)19-16/h8-11,14H,5-7,18H2,1-4H3. The fourth-order valence-corrected chi connectivity index (χ4v) is 2.32. The fraction of sp³-hybridized carbons (Fsp3) is 0.529. The second-order valence-electron chi connectivity index (χ2n) is 6.03. The van der Waals surface area contributed by atoms with Crippen molar-refractivity contribution in [1.82, 2.24) is 0 Å². The third-order valence-electron chi connectivity index (χ3n) is 4.17. The van der Waals surface area contributed by atoms with E-state index in [0.29, 0.717) is 0 Å². The van der Waals surface area contributed by atoms with Gasteiger partial charge < -0.3 is 10.2 Å². The average Bonchev–Trinajstić information content (AvgIpc) is 2.81. The van der Waals surface area contributed by atoms with Gasteiger partial charge in [0.05, 0.1) is 6.04 Å². The zero-order valence-corrected chi connectivity index (χ0v) is 12.5. The average molecular weight is 259 g/mol. The molecule has 0 saturated carbocycles. The van der Waals surface area contributed by atoms with Crippen molar-refractivity contribution in [2.75, 3.05) is 0 Å². The molecule has 0 aliphatic rings. The smallest absolute Gasteiger partial charge is 0.134 e. The van der Waals surface area contributed by atoms with E-state index in [1.165, 1.54) is 10.9 Å². The molecule has 1 aromatic heterocycles. The van der Waals surface area contributed by atoms with Crippen molar-refractivity contribution >= 4 is 11.0 Å². The number of benzene rings is 1. The van der Waals surface area contributed by atoms with E-state index < -0.39 is 0 Å². The maximum Gasteiger partial charge on any atom is 0.134 e. The van der Waals surface area contributed by atoms with Crippen LogP contribution in [-0.4, -0.2) is 0 Å². The predicted octanol–water partition coefficient (Wildman–Crippen LogP) is 4.92. The Balaban J connectivity index is 2.39. The van der Waals surface area contributed by atoms with Crippen LogP contribution in [-0.2, 0) is 5.41 Å². The number of hydrogen-bond donors (Lipinski definition) is 1. The summed E-state index contributed by atoms with van der Waals surface area (Å²) in [5.41, 5.74) is 8.63. The van der Waals surface area contributed by atoms with E-state index in [-0.39, 0.29) is 11.5 Å². The van der Waals surface area contributed by atoms with Gasteiger partial charge in [-0.25, -0.2) is 0 Å². The summed E-state index contributed by atoms with van der Waals surface area (Å²) < 4.78 is 5.86. The molecule has 2 N–H and O–H groups in total. The van der Waals surface area contributed by atoms with Gasteiger partial charge in [0.25, 0.3) is 0 Å². The lowest BCUT2D eigenvalue weighted by atomic mass is 9.82. The van der Waals surface area contributed by atoms with Crippen LogP contribution in [0.15, 0.2) is 28.7 Å². The monoisotopic (exact) mass is 259 g/mol. The van der Waals surface area contributed by atoms with Crippen molar-refractivity contribution in [3.63, 3.8) is 0 Å². The highest BCUT2D eigenvalue weighted by atomic mass is 16.3. The maximum atomic E-state index is 6.13.